The van der Waals surface area contributed by atoms with Gasteiger partial charge in [-0.25, -0.2) is 14.2 Å². The topological polar surface area (TPSA) is 94.8 Å². The predicted octanol–water partition coefficient (Wildman–Crippen LogP) is 4.19. The summed E-state index contributed by atoms with van der Waals surface area (Å²) in [7, 11) is 0. The van der Waals surface area contributed by atoms with Gasteiger partial charge in [0.25, 0.3) is 0 Å². The van der Waals surface area contributed by atoms with Crippen LogP contribution in [0.15, 0.2) is 36.4 Å². The zero-order chi connectivity index (χ0) is 28.2. The second kappa shape index (κ2) is 9.54. The number of aliphatic hydroxyl groups excluding tert-OH is 1. The number of anilines is 1. The van der Waals surface area contributed by atoms with Crippen LogP contribution in [0, 0.1) is 5.82 Å². The number of nitrogens with zero attached hydrogens (tertiary/aromatic N) is 4. The highest BCUT2D eigenvalue weighted by Crippen LogP contribution is 2.37. The Balaban J connectivity index is 1.42. The van der Waals surface area contributed by atoms with E-state index in [0.717, 1.165) is 0 Å². The second-order valence-corrected chi connectivity index (χ2v) is 9.93. The van der Waals surface area contributed by atoms with Crippen molar-refractivity contribution < 1.29 is 40.6 Å². The molecule has 8 nitrogen and oxygen atoms in total. The average Bonchev–Trinajstić information content (AvgIpc) is 3.44. The minimum absolute atomic E-state index is 0.0972. The van der Waals surface area contributed by atoms with Gasteiger partial charge in [-0.15, -0.1) is 0 Å². The third-order valence-electron chi connectivity index (χ3n) is 7.08. The highest BCUT2D eigenvalue weighted by atomic mass is 19.4. The molecule has 2 fully saturated rings. The number of hydrogen-bond acceptors (Lipinski definition) is 5. The van der Waals surface area contributed by atoms with Gasteiger partial charge in [-0.05, 0) is 37.0 Å². The standard InChI is InChI=1S/C24H23F7N6O2/c25-14-3-1-13(2-4-14)22(11-36(12-22)21(39)33-15-5-6-16(38)7-15)10-32-19-8-17(23(26,27)28)34-20-9-18(24(29,30)31)35-37(19)20/h1-4,8-9,15-16,32,38H,5-7,10-12H2,(H,33,39)/t15-,16-/m1/s1. The van der Waals surface area contributed by atoms with Gasteiger partial charge in [0.05, 0.1) is 6.10 Å². The molecule has 1 saturated carbocycles. The summed E-state index contributed by atoms with van der Waals surface area (Å²) in [4.78, 5) is 17.5. The fraction of sp³-hybridized carbons (Fsp3) is 0.458. The Morgan fingerprint density at radius 3 is 2.28 bits per heavy atom. The first-order valence-corrected chi connectivity index (χ1v) is 12.0. The van der Waals surface area contributed by atoms with Crippen molar-refractivity contribution in [3.63, 3.8) is 0 Å². The van der Waals surface area contributed by atoms with E-state index >= 15 is 0 Å². The lowest BCUT2D eigenvalue weighted by atomic mass is 9.73. The van der Waals surface area contributed by atoms with Crippen molar-refractivity contribution in [3.05, 3.63) is 59.2 Å². The molecule has 2 atom stereocenters. The number of urea groups is 1. The molecule has 5 rings (SSSR count). The number of carbonyl (C=O) groups excluding carboxylic acids is 1. The number of amides is 2. The van der Waals surface area contributed by atoms with Crippen molar-refractivity contribution in [3.8, 4) is 0 Å². The number of nitrogens with one attached hydrogen (secondary N) is 2. The van der Waals surface area contributed by atoms with E-state index in [4.69, 9.17) is 0 Å². The van der Waals surface area contributed by atoms with Gasteiger partial charge in [-0.1, -0.05) is 12.1 Å². The monoisotopic (exact) mass is 560 g/mol. The molecule has 0 radical (unpaired) electrons. The van der Waals surface area contributed by atoms with Gasteiger partial charge < -0.3 is 20.6 Å². The summed E-state index contributed by atoms with van der Waals surface area (Å²) in [5.74, 6) is -0.899. The summed E-state index contributed by atoms with van der Waals surface area (Å²) in [6.07, 6.45) is -8.72. The molecule has 15 heteroatoms. The Hall–Kier alpha value is -3.62. The Kier molecular flexibility index (Phi) is 6.59. The molecule has 210 valence electrons. The van der Waals surface area contributed by atoms with Crippen LogP contribution in [0.5, 0.6) is 0 Å². The summed E-state index contributed by atoms with van der Waals surface area (Å²) < 4.78 is 94.4. The lowest BCUT2D eigenvalue weighted by molar-refractivity contribution is -0.142. The Morgan fingerprint density at radius 2 is 1.69 bits per heavy atom. The normalized spacial score (nSPS) is 21.2. The fourth-order valence-corrected chi connectivity index (χ4v) is 5.03. The Bertz CT molecular complexity index is 1370. The molecule has 1 saturated heterocycles. The maximum Gasteiger partial charge on any atom is 0.435 e. The molecule has 0 spiro atoms. The minimum atomic E-state index is -4.94. The predicted molar refractivity (Wildman–Crippen MR) is 123 cm³/mol. The van der Waals surface area contributed by atoms with Gasteiger partial charge in [0.15, 0.2) is 17.0 Å². The second-order valence-electron chi connectivity index (χ2n) is 9.93. The molecule has 1 aliphatic heterocycles. The van der Waals surface area contributed by atoms with Gasteiger partial charge in [-0.2, -0.15) is 36.0 Å². The van der Waals surface area contributed by atoms with Crippen molar-refractivity contribution in [1.82, 2.24) is 24.8 Å². The molecule has 1 aliphatic carbocycles. The van der Waals surface area contributed by atoms with Crippen LogP contribution in [0.3, 0.4) is 0 Å². The molecule has 1 aromatic carbocycles. The number of aromatic nitrogens is 3. The van der Waals surface area contributed by atoms with Crippen LogP contribution < -0.4 is 10.6 Å². The number of carbonyl (C=O) groups is 1. The van der Waals surface area contributed by atoms with Crippen LogP contribution in [-0.2, 0) is 17.8 Å². The van der Waals surface area contributed by atoms with E-state index in [1.807, 2.05) is 0 Å². The van der Waals surface area contributed by atoms with Crippen LogP contribution in [0.1, 0.15) is 36.2 Å². The number of alkyl halides is 6. The van der Waals surface area contributed by atoms with Gasteiger partial charge in [0.2, 0.25) is 0 Å². The SMILES string of the molecule is O=C(N[C@@H]1CC[C@@H](O)C1)N1CC(CNc2cc(C(F)(F)F)nc3cc(C(F)(F)F)nn23)(c2ccc(F)cc2)C1. The molecule has 2 aromatic heterocycles. The minimum Gasteiger partial charge on any atom is -0.393 e. The van der Waals surface area contributed by atoms with E-state index in [0.29, 0.717) is 41.5 Å². The molecule has 3 aromatic rings. The van der Waals surface area contributed by atoms with Crippen LogP contribution in [0.4, 0.5) is 41.3 Å². The third-order valence-corrected chi connectivity index (χ3v) is 7.08. The summed E-state index contributed by atoms with van der Waals surface area (Å²) in [6.45, 7) is 0.0855. The van der Waals surface area contributed by atoms with Gasteiger partial charge >= 0.3 is 18.4 Å². The third kappa shape index (κ3) is 5.44. The zero-order valence-electron chi connectivity index (χ0n) is 20.2. The highest BCUT2D eigenvalue weighted by molar-refractivity contribution is 5.76. The Morgan fingerprint density at radius 1 is 1.03 bits per heavy atom. The fourth-order valence-electron chi connectivity index (χ4n) is 5.03. The van der Waals surface area contributed by atoms with E-state index in [1.165, 1.54) is 29.2 Å². The maximum atomic E-state index is 13.6. The first-order chi connectivity index (χ1) is 18.2. The molecule has 39 heavy (non-hydrogen) atoms. The van der Waals surface area contributed by atoms with Crippen molar-refractivity contribution in [2.45, 2.75) is 49.2 Å². The first-order valence-electron chi connectivity index (χ1n) is 12.0. The molecule has 0 bridgehead atoms. The molecule has 2 amide bonds. The van der Waals surface area contributed by atoms with E-state index in [-0.39, 0.29) is 37.5 Å². The number of hydrogen-bond donors (Lipinski definition) is 3. The number of fused-ring (bicyclic) bond motifs is 1. The molecule has 0 unspecified atom stereocenters. The van der Waals surface area contributed by atoms with Crippen LogP contribution in [0.25, 0.3) is 5.65 Å². The number of rotatable bonds is 5. The summed E-state index contributed by atoms with van der Waals surface area (Å²) in [6, 6.07) is 5.78. The van der Waals surface area contributed by atoms with Crippen molar-refractivity contribution in [2.75, 3.05) is 25.0 Å². The summed E-state index contributed by atoms with van der Waals surface area (Å²) in [5, 5.41) is 18.7. The summed E-state index contributed by atoms with van der Waals surface area (Å²) in [5.41, 5.74) is -3.78. The summed E-state index contributed by atoms with van der Waals surface area (Å²) >= 11 is 0. The van der Waals surface area contributed by atoms with Crippen LogP contribution in [0.2, 0.25) is 0 Å². The van der Waals surface area contributed by atoms with E-state index in [2.05, 4.69) is 20.7 Å². The van der Waals surface area contributed by atoms with Crippen molar-refractivity contribution in [1.29, 1.82) is 0 Å². The van der Waals surface area contributed by atoms with E-state index in [1.54, 1.807) is 0 Å². The Labute approximate surface area is 216 Å². The molecule has 3 heterocycles. The quantitative estimate of drug-likeness (QED) is 0.407. The molecule has 2 aliphatic rings. The lowest BCUT2D eigenvalue weighted by Gasteiger charge is -2.50. The first kappa shape index (κ1) is 27.0. The van der Waals surface area contributed by atoms with Crippen molar-refractivity contribution >= 4 is 17.5 Å². The number of likely N-dealkylation sites (tertiary alicyclic amines) is 1. The lowest BCUT2D eigenvalue weighted by Crippen LogP contribution is -2.66. The van der Waals surface area contributed by atoms with Gasteiger partial charge in [-0.3, -0.25) is 0 Å². The highest BCUT2D eigenvalue weighted by Gasteiger charge is 2.47. The molecule has 3 N–H and O–H groups in total. The largest absolute Gasteiger partial charge is 0.435 e. The number of aliphatic hydroxyl groups is 1. The smallest absolute Gasteiger partial charge is 0.393 e. The maximum absolute atomic E-state index is 13.6. The molecular formula is C24H23F7N6O2. The van der Waals surface area contributed by atoms with Gasteiger partial charge in [0, 0.05) is 43.2 Å². The molecular weight excluding hydrogens is 537 g/mol. The number of benzene rings is 1. The van der Waals surface area contributed by atoms with Crippen LogP contribution in [-0.4, -0.2) is 62.4 Å². The van der Waals surface area contributed by atoms with E-state index < -0.39 is 46.7 Å². The van der Waals surface area contributed by atoms with Crippen LogP contribution >= 0.6 is 0 Å². The van der Waals surface area contributed by atoms with Gasteiger partial charge in [0.1, 0.15) is 11.6 Å². The van der Waals surface area contributed by atoms with E-state index in [9.17, 15) is 40.6 Å². The zero-order valence-corrected chi connectivity index (χ0v) is 20.2. The van der Waals surface area contributed by atoms with Crippen molar-refractivity contribution in [2.24, 2.45) is 0 Å². The average molecular weight is 560 g/mol. The number of halogens is 7.